The Morgan fingerprint density at radius 3 is 2.75 bits per heavy atom. The molecule has 3 N–H and O–H groups in total. The number of hydrogen-bond acceptors (Lipinski definition) is 4. The monoisotopic (exact) mass is 231 g/mol. The van der Waals surface area contributed by atoms with E-state index in [-0.39, 0.29) is 5.69 Å². The highest BCUT2D eigenvalue weighted by atomic mass is 79.9. The predicted octanol–water partition coefficient (Wildman–Crippen LogP) is 1.64. The van der Waals surface area contributed by atoms with Crippen molar-refractivity contribution in [2.75, 3.05) is 5.43 Å². The average Bonchev–Trinajstić information content (AvgIpc) is 2.04. The summed E-state index contributed by atoms with van der Waals surface area (Å²) in [4.78, 5) is 9.92. The van der Waals surface area contributed by atoms with Crippen LogP contribution in [-0.4, -0.2) is 4.92 Å². The van der Waals surface area contributed by atoms with Crippen LogP contribution in [0.2, 0.25) is 0 Å². The molecule has 0 saturated carbocycles. The molecule has 1 aromatic carbocycles. The highest BCUT2D eigenvalue weighted by molar-refractivity contribution is 9.10. The molecule has 1 rings (SSSR count). The summed E-state index contributed by atoms with van der Waals surface area (Å²) in [6.07, 6.45) is 0. The number of nitro benzene ring substituents is 1. The first kappa shape index (κ1) is 8.95. The molecule has 0 unspecified atom stereocenters. The van der Waals surface area contributed by atoms with Crippen molar-refractivity contribution in [1.82, 2.24) is 0 Å². The van der Waals surface area contributed by atoms with Gasteiger partial charge in [-0.1, -0.05) is 6.07 Å². The second-order valence-electron chi connectivity index (χ2n) is 2.04. The maximum atomic E-state index is 10.4. The zero-order valence-electron chi connectivity index (χ0n) is 5.95. The highest BCUT2D eigenvalue weighted by Crippen LogP contribution is 2.30. The summed E-state index contributed by atoms with van der Waals surface area (Å²) in [5, 5.41) is 10.4. The minimum atomic E-state index is -0.481. The Balaban J connectivity index is 3.23. The van der Waals surface area contributed by atoms with E-state index >= 15 is 0 Å². The number of nitro groups is 1. The Bertz CT molecular complexity index is 316. The van der Waals surface area contributed by atoms with Gasteiger partial charge in [0.25, 0.3) is 5.69 Å². The zero-order chi connectivity index (χ0) is 9.14. The summed E-state index contributed by atoms with van der Waals surface area (Å²) in [7, 11) is 0. The van der Waals surface area contributed by atoms with E-state index in [9.17, 15) is 10.1 Å². The fourth-order valence-corrected chi connectivity index (χ4v) is 1.30. The van der Waals surface area contributed by atoms with Crippen molar-refractivity contribution in [3.63, 3.8) is 0 Å². The van der Waals surface area contributed by atoms with Gasteiger partial charge in [0.05, 0.1) is 10.6 Å². The number of halogens is 1. The van der Waals surface area contributed by atoms with Crippen molar-refractivity contribution in [2.45, 2.75) is 0 Å². The maximum absolute atomic E-state index is 10.4. The molecule has 0 saturated heterocycles. The number of rotatable bonds is 2. The third kappa shape index (κ3) is 1.54. The van der Waals surface area contributed by atoms with Crippen LogP contribution in [0, 0.1) is 10.1 Å². The fourth-order valence-electron chi connectivity index (χ4n) is 0.772. The molecule has 64 valence electrons. The molecule has 0 heterocycles. The molecule has 12 heavy (non-hydrogen) atoms. The molecule has 0 aliphatic rings. The number of nitrogens with zero attached hydrogens (tertiary/aromatic N) is 1. The van der Waals surface area contributed by atoms with Crippen LogP contribution in [0.3, 0.4) is 0 Å². The lowest BCUT2D eigenvalue weighted by molar-refractivity contribution is -0.385. The van der Waals surface area contributed by atoms with Crippen LogP contribution in [0.25, 0.3) is 0 Å². The van der Waals surface area contributed by atoms with Crippen molar-refractivity contribution in [2.24, 2.45) is 5.84 Å². The van der Waals surface area contributed by atoms with E-state index in [2.05, 4.69) is 21.4 Å². The third-order valence-corrected chi connectivity index (χ3v) is 2.16. The summed E-state index contributed by atoms with van der Waals surface area (Å²) < 4.78 is 0.359. The molecule has 1 aromatic rings. The van der Waals surface area contributed by atoms with Crippen molar-refractivity contribution >= 4 is 27.3 Å². The molecule has 0 fully saturated rings. The lowest BCUT2D eigenvalue weighted by Crippen LogP contribution is -2.07. The quantitative estimate of drug-likeness (QED) is 0.461. The number of anilines is 1. The fraction of sp³-hybridized carbons (Fsp3) is 0. The molecular weight excluding hydrogens is 226 g/mol. The lowest BCUT2D eigenvalue weighted by atomic mass is 10.3. The molecule has 0 atom stereocenters. The van der Waals surface area contributed by atoms with Crippen LogP contribution >= 0.6 is 15.9 Å². The number of nitrogens with one attached hydrogen (secondary N) is 1. The molecule has 0 bridgehead atoms. The Morgan fingerprint density at radius 2 is 2.25 bits per heavy atom. The second-order valence-corrected chi connectivity index (χ2v) is 2.83. The van der Waals surface area contributed by atoms with E-state index in [4.69, 9.17) is 5.84 Å². The Morgan fingerprint density at radius 1 is 1.58 bits per heavy atom. The van der Waals surface area contributed by atoms with Gasteiger partial charge >= 0.3 is 0 Å². The standard InChI is InChI=1S/C6H6BrN3O2/c7-6-4(9-8)2-1-3-5(6)10(11)12/h1-3,9H,8H2. The lowest BCUT2D eigenvalue weighted by Gasteiger charge is -2.02. The van der Waals surface area contributed by atoms with Gasteiger partial charge in [0.15, 0.2) is 0 Å². The van der Waals surface area contributed by atoms with Gasteiger partial charge in [0.2, 0.25) is 0 Å². The van der Waals surface area contributed by atoms with Gasteiger partial charge in [0.1, 0.15) is 4.47 Å². The SMILES string of the molecule is NNc1cccc([N+](=O)[O-])c1Br. The number of nitrogen functional groups attached to an aromatic ring is 1. The van der Waals surface area contributed by atoms with Crippen LogP contribution in [0.15, 0.2) is 22.7 Å². The minimum Gasteiger partial charge on any atom is -0.323 e. The smallest absolute Gasteiger partial charge is 0.285 e. The summed E-state index contributed by atoms with van der Waals surface area (Å²) in [5.41, 5.74) is 2.82. The number of hydrazine groups is 1. The molecule has 0 spiro atoms. The maximum Gasteiger partial charge on any atom is 0.285 e. The van der Waals surface area contributed by atoms with Crippen molar-refractivity contribution in [1.29, 1.82) is 0 Å². The normalized spacial score (nSPS) is 9.50. The van der Waals surface area contributed by atoms with Gasteiger partial charge < -0.3 is 5.43 Å². The van der Waals surface area contributed by atoms with Gasteiger partial charge in [-0.2, -0.15) is 0 Å². The predicted molar refractivity (Wildman–Crippen MR) is 48.6 cm³/mol. The molecule has 0 aliphatic heterocycles. The number of hydrogen-bond donors (Lipinski definition) is 2. The van der Waals surface area contributed by atoms with Crippen LogP contribution in [0.4, 0.5) is 11.4 Å². The van der Waals surface area contributed by atoms with Crippen LogP contribution in [-0.2, 0) is 0 Å². The van der Waals surface area contributed by atoms with Gasteiger partial charge in [-0.05, 0) is 22.0 Å². The third-order valence-electron chi connectivity index (χ3n) is 1.33. The molecular formula is C6H6BrN3O2. The van der Waals surface area contributed by atoms with E-state index in [0.29, 0.717) is 10.2 Å². The molecule has 6 heteroatoms. The van der Waals surface area contributed by atoms with Crippen LogP contribution in [0.1, 0.15) is 0 Å². The summed E-state index contributed by atoms with van der Waals surface area (Å²) in [6, 6.07) is 4.58. The van der Waals surface area contributed by atoms with Crippen molar-refractivity contribution < 1.29 is 4.92 Å². The largest absolute Gasteiger partial charge is 0.323 e. The number of nitrogens with two attached hydrogens (primary N) is 1. The summed E-state index contributed by atoms with van der Waals surface area (Å²) in [5.74, 6) is 5.12. The Hall–Kier alpha value is -1.14. The first-order valence-electron chi connectivity index (χ1n) is 3.06. The Kier molecular flexibility index (Phi) is 2.61. The Labute approximate surface area is 76.8 Å². The molecule has 0 radical (unpaired) electrons. The van der Waals surface area contributed by atoms with E-state index in [1.165, 1.54) is 6.07 Å². The highest BCUT2D eigenvalue weighted by Gasteiger charge is 2.13. The molecule has 0 aromatic heterocycles. The van der Waals surface area contributed by atoms with Crippen molar-refractivity contribution in [3.8, 4) is 0 Å². The van der Waals surface area contributed by atoms with Crippen molar-refractivity contribution in [3.05, 3.63) is 32.8 Å². The van der Waals surface area contributed by atoms with E-state index in [1.807, 2.05) is 0 Å². The van der Waals surface area contributed by atoms with Crippen LogP contribution < -0.4 is 11.3 Å². The molecule has 5 nitrogen and oxygen atoms in total. The van der Waals surface area contributed by atoms with Gasteiger partial charge in [-0.15, -0.1) is 0 Å². The van der Waals surface area contributed by atoms with Gasteiger partial charge in [-0.3, -0.25) is 16.0 Å². The average molecular weight is 232 g/mol. The zero-order valence-corrected chi connectivity index (χ0v) is 7.54. The van der Waals surface area contributed by atoms with Gasteiger partial charge in [0, 0.05) is 6.07 Å². The van der Waals surface area contributed by atoms with E-state index in [1.54, 1.807) is 12.1 Å². The first-order chi connectivity index (χ1) is 5.66. The van der Waals surface area contributed by atoms with E-state index < -0.39 is 4.92 Å². The first-order valence-corrected chi connectivity index (χ1v) is 3.85. The topological polar surface area (TPSA) is 81.2 Å². The van der Waals surface area contributed by atoms with Crippen LogP contribution in [0.5, 0.6) is 0 Å². The minimum absolute atomic E-state index is 0.00884. The number of benzene rings is 1. The molecule has 0 aliphatic carbocycles. The van der Waals surface area contributed by atoms with E-state index in [0.717, 1.165) is 0 Å². The molecule has 0 amide bonds. The van der Waals surface area contributed by atoms with Gasteiger partial charge in [-0.25, -0.2) is 0 Å². The summed E-state index contributed by atoms with van der Waals surface area (Å²) >= 11 is 3.06. The second kappa shape index (κ2) is 3.51. The summed E-state index contributed by atoms with van der Waals surface area (Å²) in [6.45, 7) is 0.